The standard InChI is InChI=1S/C12H11ClN2O2S/c1-8-4-5-18-12(8)7-14-11-3-2-9(15(16)17)6-10(11)13/h2-6,14H,7H2,1H3. The topological polar surface area (TPSA) is 55.2 Å². The number of nitrogens with zero attached hydrogens (tertiary/aromatic N) is 1. The first kappa shape index (κ1) is 12.9. The number of anilines is 1. The molecule has 1 heterocycles. The van der Waals surface area contributed by atoms with Crippen molar-refractivity contribution in [3.05, 3.63) is 55.2 Å². The second-order valence-electron chi connectivity index (χ2n) is 3.80. The molecule has 0 aliphatic rings. The molecule has 0 unspecified atom stereocenters. The van der Waals surface area contributed by atoms with Gasteiger partial charge in [-0.25, -0.2) is 0 Å². The van der Waals surface area contributed by atoms with E-state index in [9.17, 15) is 10.1 Å². The number of nitro benzene ring substituents is 1. The van der Waals surface area contributed by atoms with Gasteiger partial charge in [-0.2, -0.15) is 0 Å². The molecule has 1 N–H and O–H groups in total. The summed E-state index contributed by atoms with van der Waals surface area (Å²) in [7, 11) is 0. The van der Waals surface area contributed by atoms with Crippen LogP contribution in [0.2, 0.25) is 5.02 Å². The molecule has 0 saturated heterocycles. The van der Waals surface area contributed by atoms with Crippen molar-refractivity contribution in [2.75, 3.05) is 5.32 Å². The van der Waals surface area contributed by atoms with Gasteiger partial charge in [0, 0.05) is 23.6 Å². The van der Waals surface area contributed by atoms with E-state index in [-0.39, 0.29) is 5.69 Å². The number of non-ortho nitro benzene ring substituents is 1. The van der Waals surface area contributed by atoms with Gasteiger partial charge in [0.25, 0.3) is 5.69 Å². The van der Waals surface area contributed by atoms with E-state index in [1.165, 1.54) is 22.6 Å². The number of thiophene rings is 1. The maximum absolute atomic E-state index is 10.6. The van der Waals surface area contributed by atoms with E-state index in [0.717, 1.165) is 0 Å². The summed E-state index contributed by atoms with van der Waals surface area (Å²) >= 11 is 7.66. The third-order valence-corrected chi connectivity index (χ3v) is 3.91. The highest BCUT2D eigenvalue weighted by Crippen LogP contribution is 2.27. The van der Waals surface area contributed by atoms with Crippen LogP contribution in [0.4, 0.5) is 11.4 Å². The molecular formula is C12H11ClN2O2S. The van der Waals surface area contributed by atoms with E-state index in [1.54, 1.807) is 17.4 Å². The van der Waals surface area contributed by atoms with Crippen LogP contribution >= 0.6 is 22.9 Å². The van der Waals surface area contributed by atoms with E-state index < -0.39 is 4.92 Å². The van der Waals surface area contributed by atoms with Crippen molar-refractivity contribution in [2.45, 2.75) is 13.5 Å². The smallest absolute Gasteiger partial charge is 0.271 e. The second-order valence-corrected chi connectivity index (χ2v) is 5.21. The van der Waals surface area contributed by atoms with Gasteiger partial charge in [0.2, 0.25) is 0 Å². The summed E-state index contributed by atoms with van der Waals surface area (Å²) in [5, 5.41) is 16.2. The van der Waals surface area contributed by atoms with Crippen LogP contribution in [0.15, 0.2) is 29.6 Å². The molecular weight excluding hydrogens is 272 g/mol. The fraction of sp³-hybridized carbons (Fsp3) is 0.167. The molecule has 0 amide bonds. The average Bonchev–Trinajstić information content (AvgIpc) is 2.73. The fourth-order valence-corrected chi connectivity index (χ4v) is 2.61. The molecule has 0 aliphatic carbocycles. The van der Waals surface area contributed by atoms with Gasteiger partial charge in [0.05, 0.1) is 15.6 Å². The molecule has 6 heteroatoms. The lowest BCUT2D eigenvalue weighted by atomic mass is 10.2. The number of nitrogens with one attached hydrogen (secondary N) is 1. The van der Waals surface area contributed by atoms with E-state index in [0.29, 0.717) is 17.3 Å². The Hall–Kier alpha value is -1.59. The highest BCUT2D eigenvalue weighted by atomic mass is 35.5. The largest absolute Gasteiger partial charge is 0.379 e. The van der Waals surface area contributed by atoms with Gasteiger partial charge in [-0.15, -0.1) is 11.3 Å². The van der Waals surface area contributed by atoms with Crippen molar-refractivity contribution in [2.24, 2.45) is 0 Å². The predicted molar refractivity (Wildman–Crippen MR) is 74.5 cm³/mol. The first-order valence-electron chi connectivity index (χ1n) is 5.28. The van der Waals surface area contributed by atoms with Gasteiger partial charge < -0.3 is 5.32 Å². The van der Waals surface area contributed by atoms with Crippen LogP contribution in [0.5, 0.6) is 0 Å². The van der Waals surface area contributed by atoms with Crippen LogP contribution in [0.25, 0.3) is 0 Å². The highest BCUT2D eigenvalue weighted by Gasteiger charge is 2.09. The second kappa shape index (κ2) is 5.37. The van der Waals surface area contributed by atoms with Crippen molar-refractivity contribution < 1.29 is 4.92 Å². The van der Waals surface area contributed by atoms with Gasteiger partial charge in [-0.3, -0.25) is 10.1 Å². The normalized spacial score (nSPS) is 10.3. The summed E-state index contributed by atoms with van der Waals surface area (Å²) in [6, 6.07) is 6.48. The Balaban J connectivity index is 2.11. The molecule has 4 nitrogen and oxygen atoms in total. The highest BCUT2D eigenvalue weighted by molar-refractivity contribution is 7.10. The number of benzene rings is 1. The molecule has 0 spiro atoms. The van der Waals surface area contributed by atoms with Crippen molar-refractivity contribution in [3.63, 3.8) is 0 Å². The van der Waals surface area contributed by atoms with E-state index in [1.807, 2.05) is 12.3 Å². The lowest BCUT2D eigenvalue weighted by molar-refractivity contribution is -0.384. The summed E-state index contributed by atoms with van der Waals surface area (Å²) in [4.78, 5) is 11.3. The van der Waals surface area contributed by atoms with E-state index in [2.05, 4.69) is 11.4 Å². The Morgan fingerprint density at radius 3 is 2.78 bits per heavy atom. The van der Waals surface area contributed by atoms with Crippen molar-refractivity contribution in [1.82, 2.24) is 0 Å². The molecule has 0 fully saturated rings. The number of hydrogen-bond donors (Lipinski definition) is 1. The SMILES string of the molecule is Cc1ccsc1CNc1ccc([N+](=O)[O-])cc1Cl. The number of hydrogen-bond acceptors (Lipinski definition) is 4. The molecule has 0 aliphatic heterocycles. The molecule has 2 aromatic rings. The first-order chi connectivity index (χ1) is 8.58. The van der Waals surface area contributed by atoms with Crippen LogP contribution in [0.3, 0.4) is 0 Å². The fourth-order valence-electron chi connectivity index (χ4n) is 1.52. The van der Waals surface area contributed by atoms with Crippen LogP contribution < -0.4 is 5.32 Å². The van der Waals surface area contributed by atoms with Gasteiger partial charge in [-0.05, 0) is 30.0 Å². The van der Waals surface area contributed by atoms with Crippen LogP contribution in [0, 0.1) is 17.0 Å². The minimum atomic E-state index is -0.459. The van der Waals surface area contributed by atoms with E-state index in [4.69, 9.17) is 11.6 Å². The third kappa shape index (κ3) is 2.80. The molecule has 94 valence electrons. The van der Waals surface area contributed by atoms with Crippen LogP contribution in [-0.2, 0) is 6.54 Å². The Morgan fingerprint density at radius 2 is 2.22 bits per heavy atom. The van der Waals surface area contributed by atoms with Crippen LogP contribution in [0.1, 0.15) is 10.4 Å². The molecule has 0 bridgehead atoms. The average molecular weight is 283 g/mol. The monoisotopic (exact) mass is 282 g/mol. The summed E-state index contributed by atoms with van der Waals surface area (Å²) in [5.74, 6) is 0. The molecule has 0 saturated carbocycles. The molecule has 1 aromatic heterocycles. The maximum atomic E-state index is 10.6. The molecule has 0 atom stereocenters. The Labute approximate surface area is 113 Å². The maximum Gasteiger partial charge on any atom is 0.271 e. The van der Waals surface area contributed by atoms with Crippen LogP contribution in [-0.4, -0.2) is 4.92 Å². The Kier molecular flexibility index (Phi) is 3.84. The summed E-state index contributed by atoms with van der Waals surface area (Å²) in [6.07, 6.45) is 0. The summed E-state index contributed by atoms with van der Waals surface area (Å²) in [6.45, 7) is 2.71. The van der Waals surface area contributed by atoms with Gasteiger partial charge in [0.1, 0.15) is 0 Å². The van der Waals surface area contributed by atoms with Crippen molar-refractivity contribution >= 4 is 34.3 Å². The first-order valence-corrected chi connectivity index (χ1v) is 6.54. The quantitative estimate of drug-likeness (QED) is 0.674. The van der Waals surface area contributed by atoms with Gasteiger partial charge in [0.15, 0.2) is 0 Å². The zero-order valence-corrected chi connectivity index (χ0v) is 11.2. The van der Waals surface area contributed by atoms with E-state index >= 15 is 0 Å². The minimum absolute atomic E-state index is 0.00199. The predicted octanol–water partition coefficient (Wildman–Crippen LogP) is 4.23. The molecule has 0 radical (unpaired) electrons. The van der Waals surface area contributed by atoms with Crippen molar-refractivity contribution in [3.8, 4) is 0 Å². The number of aryl methyl sites for hydroxylation is 1. The lowest BCUT2D eigenvalue weighted by Crippen LogP contribution is -1.99. The van der Waals surface area contributed by atoms with Crippen molar-refractivity contribution in [1.29, 1.82) is 0 Å². The summed E-state index contributed by atoms with van der Waals surface area (Å²) in [5.41, 5.74) is 1.93. The molecule has 18 heavy (non-hydrogen) atoms. The number of nitro groups is 1. The Bertz CT molecular complexity index is 583. The molecule has 2 rings (SSSR count). The lowest BCUT2D eigenvalue weighted by Gasteiger charge is -2.07. The number of rotatable bonds is 4. The van der Waals surface area contributed by atoms with Gasteiger partial charge >= 0.3 is 0 Å². The Morgan fingerprint density at radius 1 is 1.44 bits per heavy atom. The zero-order valence-electron chi connectivity index (χ0n) is 9.64. The zero-order chi connectivity index (χ0) is 13.1. The summed E-state index contributed by atoms with van der Waals surface area (Å²) < 4.78 is 0. The third-order valence-electron chi connectivity index (χ3n) is 2.57. The minimum Gasteiger partial charge on any atom is -0.379 e. The van der Waals surface area contributed by atoms with Gasteiger partial charge in [-0.1, -0.05) is 11.6 Å². The number of halogens is 1. The molecule has 1 aromatic carbocycles.